The van der Waals surface area contributed by atoms with Crippen molar-refractivity contribution in [2.45, 2.75) is 37.6 Å². The van der Waals surface area contributed by atoms with Crippen LogP contribution in [0.25, 0.3) is 10.9 Å². The van der Waals surface area contributed by atoms with E-state index >= 15 is 0 Å². The van der Waals surface area contributed by atoms with Crippen molar-refractivity contribution >= 4 is 20.9 Å². The van der Waals surface area contributed by atoms with Crippen LogP contribution in [0.4, 0.5) is 0 Å². The predicted octanol–water partition coefficient (Wildman–Crippen LogP) is 4.33. The zero-order chi connectivity index (χ0) is 20.5. The lowest BCUT2D eigenvalue weighted by molar-refractivity contribution is 0.196. The highest BCUT2D eigenvalue weighted by Crippen LogP contribution is 2.31. The van der Waals surface area contributed by atoms with E-state index in [0.717, 1.165) is 10.9 Å². The van der Waals surface area contributed by atoms with Gasteiger partial charge in [0.15, 0.2) is 0 Å². The van der Waals surface area contributed by atoms with Crippen molar-refractivity contribution in [1.82, 2.24) is 8.87 Å². The first kappa shape index (κ1) is 20.4. The van der Waals surface area contributed by atoms with E-state index in [4.69, 9.17) is 4.74 Å². The Labute approximate surface area is 167 Å². The predicted molar refractivity (Wildman–Crippen MR) is 114 cm³/mol. The quantitative estimate of drug-likeness (QED) is 0.592. The van der Waals surface area contributed by atoms with Crippen molar-refractivity contribution in [1.29, 1.82) is 0 Å². The molecule has 3 aromatic rings. The monoisotopic (exact) mass is 400 g/mol. The van der Waals surface area contributed by atoms with Gasteiger partial charge in [0, 0.05) is 23.7 Å². The average molecular weight is 401 g/mol. The molecule has 0 saturated heterocycles. The second-order valence-electron chi connectivity index (χ2n) is 7.65. The lowest BCUT2D eigenvalue weighted by Gasteiger charge is -2.22. The van der Waals surface area contributed by atoms with Gasteiger partial charge in [-0.1, -0.05) is 38.1 Å². The number of rotatable bonds is 7. The minimum Gasteiger partial charge on any atom is -0.492 e. The van der Waals surface area contributed by atoms with Crippen molar-refractivity contribution in [2.24, 2.45) is 0 Å². The third-order valence-electron chi connectivity index (χ3n) is 5.09. The van der Waals surface area contributed by atoms with E-state index < -0.39 is 10.0 Å². The summed E-state index contributed by atoms with van der Waals surface area (Å²) < 4.78 is 34.0. The number of benzene rings is 2. The van der Waals surface area contributed by atoms with Crippen LogP contribution in [0.15, 0.2) is 59.6 Å². The largest absolute Gasteiger partial charge is 0.492 e. The van der Waals surface area contributed by atoms with Gasteiger partial charge in [-0.25, -0.2) is 12.4 Å². The molecule has 0 aliphatic rings. The zero-order valence-electron chi connectivity index (χ0n) is 17.1. The van der Waals surface area contributed by atoms with Crippen LogP contribution in [0.3, 0.4) is 0 Å². The molecule has 0 radical (unpaired) electrons. The summed E-state index contributed by atoms with van der Waals surface area (Å²) in [6.07, 6.45) is 1.60. The summed E-state index contributed by atoms with van der Waals surface area (Å²) in [6, 6.07) is 14.7. The molecule has 0 aliphatic carbocycles. The van der Waals surface area contributed by atoms with E-state index in [9.17, 15) is 8.42 Å². The second-order valence-corrected chi connectivity index (χ2v) is 9.47. The van der Waals surface area contributed by atoms with E-state index in [1.54, 1.807) is 18.3 Å². The molecule has 0 fully saturated rings. The molecule has 150 valence electrons. The van der Waals surface area contributed by atoms with E-state index in [2.05, 4.69) is 25.7 Å². The number of nitrogens with zero attached hydrogens (tertiary/aromatic N) is 2. The molecule has 1 heterocycles. The van der Waals surface area contributed by atoms with E-state index in [0.29, 0.717) is 17.9 Å². The average Bonchev–Trinajstić information content (AvgIpc) is 3.10. The van der Waals surface area contributed by atoms with Crippen LogP contribution in [0.1, 0.15) is 32.3 Å². The number of ether oxygens (including phenoxy) is 1. The maximum atomic E-state index is 13.3. The Bertz CT molecular complexity index is 1070. The number of para-hydroxylation sites is 1. The summed E-state index contributed by atoms with van der Waals surface area (Å²) in [4.78, 5) is 2.30. The molecule has 0 N–H and O–H groups in total. The molecule has 1 aromatic heterocycles. The van der Waals surface area contributed by atoms with Crippen LogP contribution < -0.4 is 4.74 Å². The number of aromatic nitrogens is 1. The normalized spacial score (nSPS) is 13.4. The molecule has 0 amide bonds. The molecule has 5 nitrogen and oxygen atoms in total. The molecule has 0 spiro atoms. The Morgan fingerprint density at radius 3 is 2.43 bits per heavy atom. The van der Waals surface area contributed by atoms with Crippen molar-refractivity contribution in [3.63, 3.8) is 0 Å². The minimum absolute atomic E-state index is 0.216. The first-order chi connectivity index (χ1) is 13.2. The fourth-order valence-electron chi connectivity index (χ4n) is 3.02. The van der Waals surface area contributed by atoms with Crippen LogP contribution in [0.5, 0.6) is 5.75 Å². The number of fused-ring (bicyclic) bond motifs is 1. The molecular formula is C22H28N2O3S. The van der Waals surface area contributed by atoms with Gasteiger partial charge in [-0.2, -0.15) is 0 Å². The summed E-state index contributed by atoms with van der Waals surface area (Å²) in [7, 11) is 0.275. The highest BCUT2D eigenvalue weighted by molar-refractivity contribution is 7.90. The Balaban J connectivity index is 2.02. The van der Waals surface area contributed by atoms with E-state index in [-0.39, 0.29) is 16.9 Å². The molecule has 0 aliphatic heterocycles. The van der Waals surface area contributed by atoms with Crippen molar-refractivity contribution in [2.75, 3.05) is 20.7 Å². The zero-order valence-corrected chi connectivity index (χ0v) is 17.9. The van der Waals surface area contributed by atoms with Gasteiger partial charge in [0.1, 0.15) is 12.4 Å². The Morgan fingerprint density at radius 2 is 1.75 bits per heavy atom. The standard InChI is InChI=1S/C22H28N2O3S/c1-16(2)20-11-10-19(14-22(20)27-15-17(3)23(4)5)28(25,26)24-13-12-18-8-6-7-9-21(18)24/h6-14,16-17H,15H2,1-5H3. The molecule has 6 heteroatoms. The molecule has 28 heavy (non-hydrogen) atoms. The fraction of sp³-hybridized carbons (Fsp3) is 0.364. The van der Waals surface area contributed by atoms with Gasteiger partial charge < -0.3 is 9.64 Å². The lowest BCUT2D eigenvalue weighted by Crippen LogP contribution is -2.30. The summed E-state index contributed by atoms with van der Waals surface area (Å²) in [6.45, 7) is 6.71. The van der Waals surface area contributed by atoms with Crippen molar-refractivity contribution < 1.29 is 13.2 Å². The maximum Gasteiger partial charge on any atom is 0.268 e. The number of likely N-dealkylation sites (N-methyl/N-ethyl adjacent to an activating group) is 1. The summed E-state index contributed by atoms with van der Waals surface area (Å²) in [5.74, 6) is 0.857. The second kappa shape index (κ2) is 7.97. The molecule has 1 unspecified atom stereocenters. The smallest absolute Gasteiger partial charge is 0.268 e. The Hall–Kier alpha value is -2.31. The number of hydrogen-bond donors (Lipinski definition) is 0. The Morgan fingerprint density at radius 1 is 1.04 bits per heavy atom. The summed E-state index contributed by atoms with van der Waals surface area (Å²) >= 11 is 0. The maximum absolute atomic E-state index is 13.3. The van der Waals surface area contributed by atoms with Gasteiger partial charge in [-0.05, 0) is 50.7 Å². The fourth-order valence-corrected chi connectivity index (χ4v) is 4.39. The topological polar surface area (TPSA) is 51.5 Å². The van der Waals surface area contributed by atoms with Crippen LogP contribution >= 0.6 is 0 Å². The van der Waals surface area contributed by atoms with Crippen molar-refractivity contribution in [3.05, 3.63) is 60.3 Å². The summed E-state index contributed by atoms with van der Waals surface area (Å²) in [5.41, 5.74) is 1.67. The highest BCUT2D eigenvalue weighted by Gasteiger charge is 2.21. The third kappa shape index (κ3) is 3.93. The Kier molecular flexibility index (Phi) is 5.82. The minimum atomic E-state index is -3.72. The molecule has 3 rings (SSSR count). The van der Waals surface area contributed by atoms with Gasteiger partial charge in [0.05, 0.1) is 10.4 Å². The van der Waals surface area contributed by atoms with Gasteiger partial charge in [-0.3, -0.25) is 0 Å². The summed E-state index contributed by atoms with van der Waals surface area (Å²) in [5, 5.41) is 0.890. The van der Waals surface area contributed by atoms with Gasteiger partial charge in [0.25, 0.3) is 10.0 Å². The first-order valence-corrected chi connectivity index (χ1v) is 10.9. The number of hydrogen-bond acceptors (Lipinski definition) is 4. The first-order valence-electron chi connectivity index (χ1n) is 9.46. The van der Waals surface area contributed by atoms with Crippen LogP contribution in [0, 0.1) is 0 Å². The molecule has 1 atom stereocenters. The van der Waals surface area contributed by atoms with Gasteiger partial charge in [0.2, 0.25) is 0 Å². The van der Waals surface area contributed by atoms with Crippen LogP contribution in [-0.2, 0) is 10.0 Å². The van der Waals surface area contributed by atoms with E-state index in [1.807, 2.05) is 50.5 Å². The molecular weight excluding hydrogens is 372 g/mol. The van der Waals surface area contributed by atoms with Gasteiger partial charge >= 0.3 is 0 Å². The third-order valence-corrected chi connectivity index (χ3v) is 6.78. The SMILES string of the molecule is CC(C)c1ccc(S(=O)(=O)n2ccc3ccccc32)cc1OCC(C)N(C)C. The van der Waals surface area contributed by atoms with Gasteiger partial charge in [-0.15, -0.1) is 0 Å². The van der Waals surface area contributed by atoms with Crippen LogP contribution in [-0.4, -0.2) is 44.0 Å². The lowest BCUT2D eigenvalue weighted by atomic mass is 10.0. The molecule has 0 saturated carbocycles. The van der Waals surface area contributed by atoms with Crippen LogP contribution in [0.2, 0.25) is 0 Å². The molecule has 2 aromatic carbocycles. The molecule has 0 bridgehead atoms. The van der Waals surface area contributed by atoms with E-state index in [1.165, 1.54) is 3.97 Å². The highest BCUT2D eigenvalue weighted by atomic mass is 32.2. The van der Waals surface area contributed by atoms with Crippen molar-refractivity contribution in [3.8, 4) is 5.75 Å².